The van der Waals surface area contributed by atoms with Crippen LogP contribution in [-0.4, -0.2) is 11.1 Å². The van der Waals surface area contributed by atoms with Gasteiger partial charge in [-0.15, -0.1) is 0 Å². The molecular formula is C12H12F2O2. The third-order valence-corrected chi connectivity index (χ3v) is 3.30. The number of benzene rings is 1. The molecule has 1 N–H and O–H groups in total. The van der Waals surface area contributed by atoms with Crippen molar-refractivity contribution in [3.05, 3.63) is 34.9 Å². The highest BCUT2D eigenvalue weighted by Gasteiger charge is 2.48. The minimum Gasteiger partial charge on any atom is -0.481 e. The van der Waals surface area contributed by atoms with E-state index >= 15 is 0 Å². The Morgan fingerprint density at radius 2 is 2.00 bits per heavy atom. The van der Waals surface area contributed by atoms with E-state index in [-0.39, 0.29) is 5.56 Å². The summed E-state index contributed by atoms with van der Waals surface area (Å²) in [5.41, 5.74) is -0.679. The molecule has 0 aromatic heterocycles. The van der Waals surface area contributed by atoms with Gasteiger partial charge in [0.05, 0.1) is 5.41 Å². The summed E-state index contributed by atoms with van der Waals surface area (Å²) in [6.45, 7) is 1.63. The molecule has 0 spiro atoms. The first-order valence-corrected chi connectivity index (χ1v) is 5.17. The zero-order valence-electron chi connectivity index (χ0n) is 8.89. The van der Waals surface area contributed by atoms with Crippen molar-refractivity contribution < 1.29 is 18.7 Å². The molecule has 1 fully saturated rings. The maximum absolute atomic E-state index is 13.6. The lowest BCUT2D eigenvalue weighted by Crippen LogP contribution is -2.43. The van der Waals surface area contributed by atoms with Gasteiger partial charge in [0.2, 0.25) is 0 Å². The van der Waals surface area contributed by atoms with Crippen LogP contribution >= 0.6 is 0 Å². The van der Waals surface area contributed by atoms with E-state index in [0.717, 1.165) is 12.5 Å². The molecule has 1 aromatic carbocycles. The van der Waals surface area contributed by atoms with E-state index in [1.165, 1.54) is 6.07 Å². The Labute approximate surface area is 91.9 Å². The Morgan fingerprint density at radius 1 is 1.38 bits per heavy atom. The predicted octanol–water partition coefficient (Wildman–Crippen LogP) is 2.78. The number of hydrogen-bond donors (Lipinski definition) is 1. The number of carbonyl (C=O) groups is 1. The lowest BCUT2D eigenvalue weighted by molar-refractivity contribution is -0.147. The van der Waals surface area contributed by atoms with Crippen LogP contribution < -0.4 is 0 Å². The van der Waals surface area contributed by atoms with Gasteiger partial charge < -0.3 is 5.11 Å². The Hall–Kier alpha value is -1.45. The van der Waals surface area contributed by atoms with Gasteiger partial charge >= 0.3 is 5.97 Å². The van der Waals surface area contributed by atoms with Crippen LogP contribution in [-0.2, 0) is 10.2 Å². The number of hydrogen-bond acceptors (Lipinski definition) is 1. The van der Waals surface area contributed by atoms with E-state index < -0.39 is 23.0 Å². The molecule has 16 heavy (non-hydrogen) atoms. The maximum Gasteiger partial charge on any atom is 0.314 e. The average molecular weight is 226 g/mol. The summed E-state index contributed by atoms with van der Waals surface area (Å²) < 4.78 is 26.8. The number of aliphatic carboxylic acids is 1. The summed E-state index contributed by atoms with van der Waals surface area (Å²) in [5.74, 6) is -3.06. The molecule has 86 valence electrons. The summed E-state index contributed by atoms with van der Waals surface area (Å²) in [6, 6.07) is 2.51. The summed E-state index contributed by atoms with van der Waals surface area (Å²) >= 11 is 0. The first-order valence-electron chi connectivity index (χ1n) is 5.17. The van der Waals surface area contributed by atoms with Crippen molar-refractivity contribution in [1.29, 1.82) is 0 Å². The van der Waals surface area contributed by atoms with Crippen LogP contribution in [0.5, 0.6) is 0 Å². The third-order valence-electron chi connectivity index (χ3n) is 3.30. The highest BCUT2D eigenvalue weighted by molar-refractivity contribution is 5.82. The van der Waals surface area contributed by atoms with Crippen molar-refractivity contribution in [3.63, 3.8) is 0 Å². The molecule has 2 nitrogen and oxygen atoms in total. The number of halogens is 2. The van der Waals surface area contributed by atoms with E-state index in [2.05, 4.69) is 0 Å². The Kier molecular flexibility index (Phi) is 2.45. The van der Waals surface area contributed by atoms with Crippen molar-refractivity contribution in [2.45, 2.75) is 31.6 Å². The highest BCUT2D eigenvalue weighted by atomic mass is 19.2. The van der Waals surface area contributed by atoms with Crippen molar-refractivity contribution in [1.82, 2.24) is 0 Å². The van der Waals surface area contributed by atoms with Crippen LogP contribution in [0.3, 0.4) is 0 Å². The van der Waals surface area contributed by atoms with Crippen molar-refractivity contribution >= 4 is 5.97 Å². The summed E-state index contributed by atoms with van der Waals surface area (Å²) in [6.07, 6.45) is 1.49. The zero-order chi connectivity index (χ0) is 11.9. The maximum atomic E-state index is 13.6. The average Bonchev–Trinajstić information content (AvgIpc) is 2.10. The van der Waals surface area contributed by atoms with E-state index in [0.29, 0.717) is 18.4 Å². The first kappa shape index (κ1) is 11.0. The second kappa shape index (κ2) is 3.54. The van der Waals surface area contributed by atoms with E-state index in [9.17, 15) is 13.6 Å². The molecule has 0 atom stereocenters. The van der Waals surface area contributed by atoms with Crippen molar-refractivity contribution in [3.8, 4) is 0 Å². The fraction of sp³-hybridized carbons (Fsp3) is 0.417. The topological polar surface area (TPSA) is 37.3 Å². The van der Waals surface area contributed by atoms with Crippen molar-refractivity contribution in [2.75, 3.05) is 0 Å². The molecule has 0 aliphatic heterocycles. The van der Waals surface area contributed by atoms with Crippen LogP contribution in [0.15, 0.2) is 12.1 Å². The van der Waals surface area contributed by atoms with Gasteiger partial charge in [0, 0.05) is 5.56 Å². The second-order valence-electron chi connectivity index (χ2n) is 4.35. The molecule has 0 radical (unpaired) electrons. The van der Waals surface area contributed by atoms with Crippen LogP contribution in [0.4, 0.5) is 8.78 Å². The molecule has 1 aromatic rings. The predicted molar refractivity (Wildman–Crippen MR) is 54.3 cm³/mol. The quantitative estimate of drug-likeness (QED) is 0.841. The monoisotopic (exact) mass is 226 g/mol. The lowest BCUT2D eigenvalue weighted by Gasteiger charge is -2.38. The number of carboxylic acid groups (broad SMARTS) is 1. The van der Waals surface area contributed by atoms with Crippen LogP contribution in [0.1, 0.15) is 30.4 Å². The van der Waals surface area contributed by atoms with Gasteiger partial charge in [-0.05, 0) is 31.4 Å². The Balaban J connectivity index is 2.59. The molecule has 0 bridgehead atoms. The van der Waals surface area contributed by atoms with Gasteiger partial charge in [-0.2, -0.15) is 0 Å². The van der Waals surface area contributed by atoms with E-state index in [1.54, 1.807) is 6.92 Å². The van der Waals surface area contributed by atoms with Crippen molar-refractivity contribution in [2.24, 2.45) is 0 Å². The summed E-state index contributed by atoms with van der Waals surface area (Å²) in [7, 11) is 0. The molecule has 0 amide bonds. The SMILES string of the molecule is Cc1cc(F)c(F)c(C2(C(=O)O)CCC2)c1. The number of aryl methyl sites for hydroxylation is 1. The first-order chi connectivity index (χ1) is 7.47. The Morgan fingerprint density at radius 3 is 2.44 bits per heavy atom. The van der Waals surface area contributed by atoms with Gasteiger partial charge in [0.25, 0.3) is 0 Å². The highest BCUT2D eigenvalue weighted by Crippen LogP contribution is 2.45. The van der Waals surface area contributed by atoms with E-state index in [1.807, 2.05) is 0 Å². The fourth-order valence-corrected chi connectivity index (χ4v) is 2.20. The van der Waals surface area contributed by atoms with Crippen LogP contribution in [0.25, 0.3) is 0 Å². The molecule has 4 heteroatoms. The van der Waals surface area contributed by atoms with Gasteiger partial charge in [0.15, 0.2) is 11.6 Å². The smallest absolute Gasteiger partial charge is 0.314 e. The molecule has 1 aliphatic rings. The van der Waals surface area contributed by atoms with Gasteiger partial charge in [-0.3, -0.25) is 4.79 Å². The van der Waals surface area contributed by atoms with Crippen LogP contribution in [0, 0.1) is 18.6 Å². The fourth-order valence-electron chi connectivity index (χ4n) is 2.20. The molecule has 2 rings (SSSR count). The molecule has 0 saturated heterocycles. The standard InChI is InChI=1S/C12H12F2O2/c1-7-5-8(10(14)9(13)6-7)12(11(15)16)3-2-4-12/h5-6H,2-4H2,1H3,(H,15,16). The lowest BCUT2D eigenvalue weighted by atomic mass is 9.64. The van der Waals surface area contributed by atoms with Gasteiger partial charge in [0.1, 0.15) is 0 Å². The molecule has 1 aliphatic carbocycles. The van der Waals surface area contributed by atoms with E-state index in [4.69, 9.17) is 5.11 Å². The van der Waals surface area contributed by atoms with Crippen LogP contribution in [0.2, 0.25) is 0 Å². The minimum atomic E-state index is -1.21. The summed E-state index contributed by atoms with van der Waals surface area (Å²) in [4.78, 5) is 11.2. The molecule has 0 heterocycles. The molecule has 0 unspecified atom stereocenters. The molecular weight excluding hydrogens is 214 g/mol. The summed E-state index contributed by atoms with van der Waals surface area (Å²) in [5, 5.41) is 9.15. The van der Waals surface area contributed by atoms with Gasteiger partial charge in [-0.1, -0.05) is 12.5 Å². The Bertz CT molecular complexity index is 451. The zero-order valence-corrected chi connectivity index (χ0v) is 8.89. The third kappa shape index (κ3) is 1.40. The largest absolute Gasteiger partial charge is 0.481 e. The minimum absolute atomic E-state index is 0.0104. The normalized spacial score (nSPS) is 17.9. The molecule has 1 saturated carbocycles. The number of carboxylic acids is 1. The second-order valence-corrected chi connectivity index (χ2v) is 4.35. The number of rotatable bonds is 2. The van der Waals surface area contributed by atoms with Gasteiger partial charge in [-0.25, -0.2) is 8.78 Å².